The Kier molecular flexibility index (Phi) is 6.04. The number of hydrogen-bond acceptors (Lipinski definition) is 5. The number of ether oxygens (including phenoxy) is 1. The Labute approximate surface area is 152 Å². The van der Waals surface area contributed by atoms with E-state index in [1.807, 2.05) is 18.2 Å². The topological polar surface area (TPSA) is 81.4 Å². The first kappa shape index (κ1) is 18.2. The van der Waals surface area contributed by atoms with E-state index in [4.69, 9.17) is 9.26 Å². The van der Waals surface area contributed by atoms with E-state index in [-0.39, 0.29) is 5.97 Å². The van der Waals surface area contributed by atoms with Crippen molar-refractivity contribution in [1.29, 1.82) is 0 Å². The molecule has 1 aliphatic carbocycles. The molecule has 1 aromatic carbocycles. The Hall–Kier alpha value is -2.63. The number of aromatic nitrogens is 1. The number of carbonyl (C=O) groups excluding carboxylic acids is 2. The number of nitrogens with one attached hydrogen (secondary N) is 1. The van der Waals surface area contributed by atoms with Crippen molar-refractivity contribution in [3.8, 4) is 0 Å². The van der Waals surface area contributed by atoms with Crippen LogP contribution >= 0.6 is 0 Å². The average Bonchev–Trinajstić information content (AvgIpc) is 3.30. The fourth-order valence-corrected chi connectivity index (χ4v) is 3.33. The maximum Gasteiger partial charge on any atom is 0.306 e. The van der Waals surface area contributed by atoms with Crippen molar-refractivity contribution in [2.45, 2.75) is 51.6 Å². The Balaban J connectivity index is 1.64. The number of rotatable bonds is 7. The monoisotopic (exact) mass is 356 g/mol. The van der Waals surface area contributed by atoms with Crippen LogP contribution in [0.4, 0.5) is 5.82 Å². The van der Waals surface area contributed by atoms with E-state index in [0.29, 0.717) is 29.5 Å². The molecule has 0 aliphatic heterocycles. The van der Waals surface area contributed by atoms with E-state index < -0.39 is 12.0 Å². The summed E-state index contributed by atoms with van der Waals surface area (Å²) in [5.74, 6) is 0.696. The summed E-state index contributed by atoms with van der Waals surface area (Å²) in [5.41, 5.74) is 0.624. The Morgan fingerprint density at radius 1 is 1.27 bits per heavy atom. The van der Waals surface area contributed by atoms with Gasteiger partial charge in [0.25, 0.3) is 5.91 Å². The van der Waals surface area contributed by atoms with Crippen molar-refractivity contribution in [3.05, 3.63) is 47.7 Å². The molecular formula is C20H24N2O4. The molecule has 1 aliphatic rings. The minimum Gasteiger partial charge on any atom is -0.447 e. The standard InChI is InChI=1S/C20H24N2O4/c1-14-13-17(22-26-14)21-20(24)19(16-9-3-2-4-10-16)25-18(23)12-11-15-7-5-6-8-15/h2-4,9-10,13,15,19H,5-8,11-12H2,1H3,(H,21,22,24). The lowest BCUT2D eigenvalue weighted by Crippen LogP contribution is -2.26. The fourth-order valence-electron chi connectivity index (χ4n) is 3.33. The summed E-state index contributed by atoms with van der Waals surface area (Å²) in [4.78, 5) is 25.0. The van der Waals surface area contributed by atoms with Gasteiger partial charge in [-0.1, -0.05) is 61.2 Å². The Morgan fingerprint density at radius 3 is 2.65 bits per heavy atom. The highest BCUT2D eigenvalue weighted by molar-refractivity contribution is 5.95. The molecule has 1 unspecified atom stereocenters. The number of amides is 1. The van der Waals surface area contributed by atoms with Gasteiger partial charge in [-0.05, 0) is 19.3 Å². The normalized spacial score (nSPS) is 15.6. The van der Waals surface area contributed by atoms with Crippen LogP contribution < -0.4 is 5.32 Å². The van der Waals surface area contributed by atoms with Crippen molar-refractivity contribution >= 4 is 17.7 Å². The number of carbonyl (C=O) groups is 2. The number of hydrogen-bond donors (Lipinski definition) is 1. The van der Waals surface area contributed by atoms with Gasteiger partial charge >= 0.3 is 5.97 Å². The summed E-state index contributed by atoms with van der Waals surface area (Å²) in [7, 11) is 0. The van der Waals surface area contributed by atoms with Gasteiger partial charge in [-0.3, -0.25) is 9.59 Å². The molecule has 26 heavy (non-hydrogen) atoms. The molecule has 0 saturated heterocycles. The van der Waals surface area contributed by atoms with Gasteiger partial charge in [0.2, 0.25) is 6.10 Å². The Bertz CT molecular complexity index is 735. The summed E-state index contributed by atoms with van der Waals surface area (Å²) in [6.45, 7) is 1.74. The van der Waals surface area contributed by atoms with Crippen LogP contribution in [0.2, 0.25) is 0 Å². The fraction of sp³-hybridized carbons (Fsp3) is 0.450. The molecule has 1 amide bonds. The van der Waals surface area contributed by atoms with E-state index in [0.717, 1.165) is 6.42 Å². The van der Waals surface area contributed by atoms with Gasteiger partial charge in [0.1, 0.15) is 5.76 Å². The minimum atomic E-state index is -1.01. The zero-order valence-electron chi connectivity index (χ0n) is 14.9. The lowest BCUT2D eigenvalue weighted by molar-refractivity contribution is -0.155. The quantitative estimate of drug-likeness (QED) is 0.753. The predicted molar refractivity (Wildman–Crippen MR) is 96.3 cm³/mol. The summed E-state index contributed by atoms with van der Waals surface area (Å²) in [6, 6.07) is 10.6. The molecule has 3 rings (SSSR count). The zero-order chi connectivity index (χ0) is 18.4. The van der Waals surface area contributed by atoms with Crippen LogP contribution in [-0.4, -0.2) is 17.0 Å². The van der Waals surface area contributed by atoms with E-state index in [2.05, 4.69) is 10.5 Å². The zero-order valence-corrected chi connectivity index (χ0v) is 14.9. The molecule has 6 heteroatoms. The maximum absolute atomic E-state index is 12.6. The van der Waals surface area contributed by atoms with Crippen LogP contribution in [0.1, 0.15) is 56.0 Å². The number of benzene rings is 1. The number of aryl methyl sites for hydroxylation is 1. The second-order valence-electron chi connectivity index (χ2n) is 6.78. The van der Waals surface area contributed by atoms with Gasteiger partial charge in [-0.25, -0.2) is 0 Å². The smallest absolute Gasteiger partial charge is 0.306 e. The molecule has 0 radical (unpaired) electrons. The number of esters is 1. The summed E-state index contributed by atoms with van der Waals surface area (Å²) in [5, 5.41) is 6.40. The van der Waals surface area contributed by atoms with Gasteiger partial charge in [0, 0.05) is 18.1 Å². The van der Waals surface area contributed by atoms with Gasteiger partial charge in [0.15, 0.2) is 5.82 Å². The van der Waals surface area contributed by atoms with E-state index in [1.54, 1.807) is 25.1 Å². The van der Waals surface area contributed by atoms with Crippen molar-refractivity contribution < 1.29 is 18.8 Å². The predicted octanol–water partition coefficient (Wildman–Crippen LogP) is 4.18. The first-order valence-corrected chi connectivity index (χ1v) is 9.10. The second-order valence-corrected chi connectivity index (χ2v) is 6.78. The molecule has 1 fully saturated rings. The van der Waals surface area contributed by atoms with Crippen LogP contribution in [0.25, 0.3) is 0 Å². The molecule has 0 spiro atoms. The molecule has 1 saturated carbocycles. The van der Waals surface area contributed by atoms with Crippen LogP contribution in [0.15, 0.2) is 40.9 Å². The molecule has 6 nitrogen and oxygen atoms in total. The largest absolute Gasteiger partial charge is 0.447 e. The van der Waals surface area contributed by atoms with Crippen LogP contribution in [0.5, 0.6) is 0 Å². The third-order valence-corrected chi connectivity index (χ3v) is 4.70. The van der Waals surface area contributed by atoms with E-state index in [1.165, 1.54) is 25.7 Å². The first-order chi connectivity index (χ1) is 12.6. The van der Waals surface area contributed by atoms with Gasteiger partial charge in [0.05, 0.1) is 0 Å². The molecule has 1 aromatic heterocycles. The first-order valence-electron chi connectivity index (χ1n) is 9.10. The third-order valence-electron chi connectivity index (χ3n) is 4.70. The molecule has 2 aromatic rings. The van der Waals surface area contributed by atoms with Crippen LogP contribution in [0, 0.1) is 12.8 Å². The summed E-state index contributed by atoms with van der Waals surface area (Å²) >= 11 is 0. The molecule has 1 atom stereocenters. The highest BCUT2D eigenvalue weighted by Gasteiger charge is 2.26. The SMILES string of the molecule is Cc1cc(NC(=O)C(OC(=O)CCC2CCCC2)c2ccccc2)no1. The third kappa shape index (κ3) is 4.94. The van der Waals surface area contributed by atoms with Crippen molar-refractivity contribution in [2.75, 3.05) is 5.32 Å². The maximum atomic E-state index is 12.6. The molecular weight excluding hydrogens is 332 g/mol. The van der Waals surface area contributed by atoms with Crippen molar-refractivity contribution in [2.24, 2.45) is 5.92 Å². The summed E-state index contributed by atoms with van der Waals surface area (Å²) in [6.07, 6.45) is 5.00. The highest BCUT2D eigenvalue weighted by Crippen LogP contribution is 2.29. The van der Waals surface area contributed by atoms with Crippen molar-refractivity contribution in [1.82, 2.24) is 5.16 Å². The van der Waals surface area contributed by atoms with Crippen LogP contribution in [-0.2, 0) is 14.3 Å². The van der Waals surface area contributed by atoms with E-state index >= 15 is 0 Å². The highest BCUT2D eigenvalue weighted by atomic mass is 16.5. The van der Waals surface area contributed by atoms with E-state index in [9.17, 15) is 9.59 Å². The average molecular weight is 356 g/mol. The lowest BCUT2D eigenvalue weighted by atomic mass is 10.0. The van der Waals surface area contributed by atoms with Gasteiger partial charge in [-0.15, -0.1) is 0 Å². The Morgan fingerprint density at radius 2 is 2.00 bits per heavy atom. The van der Waals surface area contributed by atoms with Gasteiger partial charge < -0.3 is 14.6 Å². The molecule has 1 heterocycles. The van der Waals surface area contributed by atoms with Crippen molar-refractivity contribution in [3.63, 3.8) is 0 Å². The second kappa shape index (κ2) is 8.65. The molecule has 0 bridgehead atoms. The summed E-state index contributed by atoms with van der Waals surface area (Å²) < 4.78 is 10.5. The number of nitrogens with zero attached hydrogens (tertiary/aromatic N) is 1. The molecule has 1 N–H and O–H groups in total. The molecule has 138 valence electrons. The van der Waals surface area contributed by atoms with Crippen LogP contribution in [0.3, 0.4) is 0 Å². The minimum absolute atomic E-state index is 0.301. The van der Waals surface area contributed by atoms with Gasteiger partial charge in [-0.2, -0.15) is 0 Å². The number of anilines is 1. The lowest BCUT2D eigenvalue weighted by Gasteiger charge is -2.18.